The Morgan fingerprint density at radius 2 is 1.82 bits per heavy atom. The van der Waals surface area contributed by atoms with Crippen molar-refractivity contribution in [2.45, 2.75) is 57.4 Å². The first-order chi connectivity index (χ1) is 19.3. The quantitative estimate of drug-likeness (QED) is 0.436. The van der Waals surface area contributed by atoms with E-state index in [4.69, 9.17) is 0 Å². The van der Waals surface area contributed by atoms with Crippen LogP contribution in [0.5, 0.6) is 0 Å². The van der Waals surface area contributed by atoms with Crippen molar-refractivity contribution >= 4 is 23.6 Å². The van der Waals surface area contributed by atoms with Gasteiger partial charge >= 0.3 is 0 Å². The van der Waals surface area contributed by atoms with E-state index in [0.29, 0.717) is 11.3 Å². The molecule has 2 aromatic heterocycles. The van der Waals surface area contributed by atoms with Gasteiger partial charge in [0.05, 0.1) is 24.3 Å². The largest absolute Gasteiger partial charge is 0.349 e. The lowest BCUT2D eigenvalue weighted by Crippen LogP contribution is -2.58. The second-order valence-electron chi connectivity index (χ2n) is 10.5. The molecular formula is C28H32N8O4. The van der Waals surface area contributed by atoms with E-state index in [9.17, 15) is 19.2 Å². The van der Waals surface area contributed by atoms with Crippen molar-refractivity contribution in [1.82, 2.24) is 40.8 Å². The molecule has 1 saturated heterocycles. The van der Waals surface area contributed by atoms with Crippen molar-refractivity contribution in [1.29, 1.82) is 0 Å². The zero-order chi connectivity index (χ0) is 28.2. The number of amides is 4. The van der Waals surface area contributed by atoms with Gasteiger partial charge in [0.15, 0.2) is 0 Å². The number of hydrogen-bond donors (Lipinski definition) is 3. The van der Waals surface area contributed by atoms with Crippen LogP contribution >= 0.6 is 0 Å². The van der Waals surface area contributed by atoms with Crippen LogP contribution in [0.25, 0.3) is 0 Å². The molecule has 12 nitrogen and oxygen atoms in total. The summed E-state index contributed by atoms with van der Waals surface area (Å²) >= 11 is 0. The maximum Gasteiger partial charge on any atom is 0.256 e. The number of carbonyl (C=O) groups excluding carboxylic acids is 4. The first kappa shape index (κ1) is 27.0. The minimum absolute atomic E-state index is 0.110. The van der Waals surface area contributed by atoms with Crippen molar-refractivity contribution in [3.05, 3.63) is 77.9 Å². The van der Waals surface area contributed by atoms with E-state index in [1.807, 2.05) is 44.2 Å². The molecular weight excluding hydrogens is 512 g/mol. The van der Waals surface area contributed by atoms with Crippen LogP contribution in [0.4, 0.5) is 0 Å². The predicted octanol–water partition coefficient (Wildman–Crippen LogP) is 0.627. The number of aromatic nitrogens is 4. The number of nitrogens with one attached hydrogen (secondary N) is 3. The number of benzene rings is 1. The molecule has 4 bridgehead atoms. The van der Waals surface area contributed by atoms with Gasteiger partial charge in [0.2, 0.25) is 17.7 Å². The van der Waals surface area contributed by atoms with E-state index in [1.165, 1.54) is 11.1 Å². The highest BCUT2D eigenvalue weighted by Crippen LogP contribution is 2.29. The molecule has 4 atom stereocenters. The zero-order valence-corrected chi connectivity index (χ0v) is 22.4. The minimum Gasteiger partial charge on any atom is -0.349 e. The first-order valence-corrected chi connectivity index (χ1v) is 13.3. The molecule has 208 valence electrons. The molecule has 4 heterocycles. The fourth-order valence-electron chi connectivity index (χ4n) is 5.11. The SMILES string of the molecule is CC(C)[C@@H]1NC(=O)[C@@H]2C[C@@H](CN2C(=O)c2cccnc2)n2cc(nn2)CNC(=O)[C@@H](Cc2ccccc2)NC1=O. The monoisotopic (exact) mass is 544 g/mol. The summed E-state index contributed by atoms with van der Waals surface area (Å²) in [7, 11) is 0. The molecule has 5 rings (SSSR count). The molecule has 40 heavy (non-hydrogen) atoms. The fraction of sp³-hybridized carbons (Fsp3) is 0.393. The van der Waals surface area contributed by atoms with Crippen LogP contribution in [0.15, 0.2) is 61.1 Å². The standard InChI is InChI=1S/C28H32N8O4/c1-17(2)24-27(39)31-22(11-18-7-4-3-5-8-18)25(37)30-14-20-15-36(34-33-20)21-12-23(26(38)32-24)35(16-21)28(40)19-9-6-10-29-13-19/h3-10,13,15,17,21-24H,11-12,14,16H2,1-2H3,(H,30,37)(H,31,39)(H,32,38)/t21-,22+,23-,24-/m0/s1. The smallest absolute Gasteiger partial charge is 0.256 e. The van der Waals surface area contributed by atoms with Crippen LogP contribution in [0, 0.1) is 5.92 Å². The average molecular weight is 545 g/mol. The zero-order valence-electron chi connectivity index (χ0n) is 22.4. The van der Waals surface area contributed by atoms with E-state index in [1.54, 1.807) is 29.2 Å². The molecule has 3 aromatic rings. The lowest BCUT2D eigenvalue weighted by molar-refractivity contribution is -0.134. The molecule has 0 aliphatic carbocycles. The molecule has 4 amide bonds. The third-order valence-corrected chi connectivity index (χ3v) is 7.29. The average Bonchev–Trinajstić information content (AvgIpc) is 3.62. The summed E-state index contributed by atoms with van der Waals surface area (Å²) in [5.74, 6) is -1.91. The van der Waals surface area contributed by atoms with Crippen molar-refractivity contribution in [3.63, 3.8) is 0 Å². The van der Waals surface area contributed by atoms with E-state index < -0.39 is 29.9 Å². The van der Waals surface area contributed by atoms with Crippen LogP contribution < -0.4 is 16.0 Å². The van der Waals surface area contributed by atoms with Gasteiger partial charge in [-0.1, -0.05) is 49.4 Å². The number of pyridine rings is 1. The molecule has 12 heteroatoms. The number of nitrogens with zero attached hydrogens (tertiary/aromatic N) is 5. The van der Waals surface area contributed by atoms with Crippen molar-refractivity contribution in [2.24, 2.45) is 5.92 Å². The third kappa shape index (κ3) is 5.85. The Kier molecular flexibility index (Phi) is 7.85. The fourth-order valence-corrected chi connectivity index (χ4v) is 5.11. The summed E-state index contributed by atoms with van der Waals surface area (Å²) < 4.78 is 1.63. The van der Waals surface area contributed by atoms with Crippen molar-refractivity contribution < 1.29 is 19.2 Å². The number of rotatable bonds is 4. The highest BCUT2D eigenvalue weighted by molar-refractivity contribution is 5.99. The summed E-state index contributed by atoms with van der Waals surface area (Å²) in [6.07, 6.45) is 5.30. The molecule has 1 fully saturated rings. The van der Waals surface area contributed by atoms with Crippen LogP contribution in [-0.2, 0) is 27.3 Å². The summed E-state index contributed by atoms with van der Waals surface area (Å²) in [5.41, 5.74) is 1.75. The van der Waals surface area contributed by atoms with Crippen LogP contribution in [0.2, 0.25) is 0 Å². The topological polar surface area (TPSA) is 151 Å². The van der Waals surface area contributed by atoms with Gasteiger partial charge in [-0.25, -0.2) is 4.68 Å². The van der Waals surface area contributed by atoms with Crippen molar-refractivity contribution in [3.8, 4) is 0 Å². The maximum atomic E-state index is 13.7. The van der Waals surface area contributed by atoms with Gasteiger partial charge in [-0.15, -0.1) is 5.10 Å². The normalized spacial score (nSPS) is 23.6. The Hall–Kier alpha value is -4.61. The number of likely N-dealkylation sites (tertiary alicyclic amines) is 1. The first-order valence-electron chi connectivity index (χ1n) is 13.3. The van der Waals surface area contributed by atoms with E-state index in [-0.39, 0.29) is 49.7 Å². The molecule has 2 aliphatic heterocycles. The lowest BCUT2D eigenvalue weighted by Gasteiger charge is -2.29. The van der Waals surface area contributed by atoms with Crippen LogP contribution in [0.3, 0.4) is 0 Å². The van der Waals surface area contributed by atoms with Crippen LogP contribution in [-0.4, -0.2) is 73.2 Å². The van der Waals surface area contributed by atoms with Gasteiger partial charge in [-0.05, 0) is 23.6 Å². The summed E-state index contributed by atoms with van der Waals surface area (Å²) in [5, 5.41) is 17.0. The van der Waals surface area contributed by atoms with E-state index in [2.05, 4.69) is 31.2 Å². The molecule has 0 spiro atoms. The Bertz CT molecular complexity index is 1380. The van der Waals surface area contributed by atoms with Gasteiger partial charge in [-0.2, -0.15) is 0 Å². The van der Waals surface area contributed by atoms with Crippen molar-refractivity contribution in [2.75, 3.05) is 6.54 Å². The summed E-state index contributed by atoms with van der Waals surface area (Å²) in [6, 6.07) is 9.72. The summed E-state index contributed by atoms with van der Waals surface area (Å²) in [4.78, 5) is 59.4. The number of carbonyl (C=O) groups is 4. The van der Waals surface area contributed by atoms with E-state index >= 15 is 0 Å². The van der Waals surface area contributed by atoms with Gasteiger partial charge in [0, 0.05) is 31.8 Å². The second-order valence-corrected chi connectivity index (χ2v) is 10.5. The Morgan fingerprint density at radius 3 is 2.55 bits per heavy atom. The Balaban J connectivity index is 1.47. The highest BCUT2D eigenvalue weighted by Gasteiger charge is 2.43. The van der Waals surface area contributed by atoms with Crippen LogP contribution in [0.1, 0.15) is 47.9 Å². The predicted molar refractivity (Wildman–Crippen MR) is 143 cm³/mol. The van der Waals surface area contributed by atoms with E-state index in [0.717, 1.165) is 5.56 Å². The maximum absolute atomic E-state index is 13.7. The second kappa shape index (κ2) is 11.6. The number of hydrogen-bond acceptors (Lipinski definition) is 7. The van der Waals surface area contributed by atoms with Gasteiger partial charge < -0.3 is 20.9 Å². The lowest BCUT2D eigenvalue weighted by atomic mass is 10.00. The molecule has 3 N–H and O–H groups in total. The minimum atomic E-state index is -0.921. The Morgan fingerprint density at radius 1 is 1.02 bits per heavy atom. The molecule has 1 aromatic carbocycles. The van der Waals surface area contributed by atoms with Gasteiger partial charge in [0.1, 0.15) is 23.8 Å². The number of fused-ring (bicyclic) bond motifs is 5. The van der Waals surface area contributed by atoms with Gasteiger partial charge in [-0.3, -0.25) is 24.2 Å². The molecule has 2 aliphatic rings. The molecule has 0 saturated carbocycles. The molecule has 0 unspecified atom stereocenters. The third-order valence-electron chi connectivity index (χ3n) is 7.29. The Labute approximate surface area is 231 Å². The summed E-state index contributed by atoms with van der Waals surface area (Å²) in [6.45, 7) is 3.97. The molecule has 0 radical (unpaired) electrons. The highest BCUT2D eigenvalue weighted by atomic mass is 16.2. The van der Waals surface area contributed by atoms with Gasteiger partial charge in [0.25, 0.3) is 5.91 Å².